The number of carbonyl (C=O) groups excluding carboxylic acids is 2. The Balaban J connectivity index is 3.79. The summed E-state index contributed by atoms with van der Waals surface area (Å²) in [5, 5.41) is 0. The number of quaternary nitrogens is 1. The summed E-state index contributed by atoms with van der Waals surface area (Å²) in [6, 6.07) is 0. The number of esters is 2. The molecule has 0 rings (SSSR count). The van der Waals surface area contributed by atoms with E-state index in [9.17, 15) is 19.0 Å². The number of unbranched alkanes of at least 4 members (excludes halogenated alkanes) is 74. The van der Waals surface area contributed by atoms with Crippen LogP contribution in [0.4, 0.5) is 0 Å². The minimum atomic E-state index is -4.65. The third-order valence-corrected chi connectivity index (χ3v) is 23.4. The summed E-state index contributed by atoms with van der Waals surface area (Å²) >= 11 is 0. The minimum absolute atomic E-state index is 0.0257. The van der Waals surface area contributed by atoms with Crippen LogP contribution in [0.25, 0.3) is 0 Å². The van der Waals surface area contributed by atoms with Crippen molar-refractivity contribution < 1.29 is 42.1 Å². The summed E-state index contributed by atoms with van der Waals surface area (Å²) < 4.78 is 34.5. The van der Waals surface area contributed by atoms with E-state index in [-0.39, 0.29) is 32.0 Å². The van der Waals surface area contributed by atoms with Crippen molar-refractivity contribution >= 4 is 19.8 Å². The molecule has 0 saturated carbocycles. The fourth-order valence-electron chi connectivity index (χ4n) is 15.1. The SMILES string of the molecule is CCCCCCCCCC/C=C\CCCCCCCCCCCCCCCCCCCCCCCCCCCCCCCC(=O)OCC(COP(=O)([O-])OCC[N+](C)(C)C)OC(=O)CCCCCCCCCCCCCCCCCCCCCCCCCCCCCCC/C=C\CCCCCCCCCC. The van der Waals surface area contributed by atoms with Gasteiger partial charge in [0.05, 0.1) is 27.7 Å². The lowest BCUT2D eigenvalue weighted by molar-refractivity contribution is -0.870. The molecular formula is C96H188NO8P. The molecule has 0 aromatic rings. The van der Waals surface area contributed by atoms with Crippen LogP contribution in [0.15, 0.2) is 24.3 Å². The molecule has 0 saturated heterocycles. The predicted molar refractivity (Wildman–Crippen MR) is 462 cm³/mol. The molecule has 0 N–H and O–H groups in total. The highest BCUT2D eigenvalue weighted by atomic mass is 31.2. The van der Waals surface area contributed by atoms with Crippen molar-refractivity contribution in [2.45, 2.75) is 534 Å². The number of carbonyl (C=O) groups is 2. The zero-order valence-electron chi connectivity index (χ0n) is 72.4. The van der Waals surface area contributed by atoms with Gasteiger partial charge in [0.15, 0.2) is 6.10 Å². The molecule has 0 aromatic carbocycles. The highest BCUT2D eigenvalue weighted by Crippen LogP contribution is 2.38. The summed E-state index contributed by atoms with van der Waals surface area (Å²) in [5.74, 6) is -0.800. The van der Waals surface area contributed by atoms with Crippen LogP contribution in [0.5, 0.6) is 0 Å². The molecule has 0 fully saturated rings. The van der Waals surface area contributed by atoms with Gasteiger partial charge in [0, 0.05) is 12.8 Å². The second-order valence-electron chi connectivity index (χ2n) is 34.4. The van der Waals surface area contributed by atoms with Gasteiger partial charge in [-0.3, -0.25) is 14.2 Å². The predicted octanol–water partition coefficient (Wildman–Crippen LogP) is 32.0. The third kappa shape index (κ3) is 91.4. The van der Waals surface area contributed by atoms with E-state index in [1.807, 2.05) is 21.1 Å². The Hall–Kier alpha value is -1.51. The lowest BCUT2D eigenvalue weighted by Crippen LogP contribution is -2.37. The van der Waals surface area contributed by atoms with Crippen LogP contribution in [-0.4, -0.2) is 70.0 Å². The van der Waals surface area contributed by atoms with E-state index in [0.29, 0.717) is 17.4 Å². The molecule has 0 aliphatic carbocycles. The van der Waals surface area contributed by atoms with E-state index in [0.717, 1.165) is 32.1 Å². The van der Waals surface area contributed by atoms with Crippen LogP contribution in [0, 0.1) is 0 Å². The van der Waals surface area contributed by atoms with Gasteiger partial charge in [-0.2, -0.15) is 0 Å². The van der Waals surface area contributed by atoms with Gasteiger partial charge >= 0.3 is 11.9 Å². The largest absolute Gasteiger partial charge is 0.756 e. The van der Waals surface area contributed by atoms with Crippen LogP contribution in [0.2, 0.25) is 0 Å². The highest BCUT2D eigenvalue weighted by molar-refractivity contribution is 7.45. The van der Waals surface area contributed by atoms with Gasteiger partial charge in [0.2, 0.25) is 0 Å². The van der Waals surface area contributed by atoms with Crippen molar-refractivity contribution in [3.8, 4) is 0 Å². The molecule has 106 heavy (non-hydrogen) atoms. The summed E-state index contributed by atoms with van der Waals surface area (Å²) in [6.45, 7) is 4.34. The smallest absolute Gasteiger partial charge is 0.306 e. The van der Waals surface area contributed by atoms with E-state index >= 15 is 0 Å². The first-order valence-electron chi connectivity index (χ1n) is 48.0. The van der Waals surface area contributed by atoms with Crippen LogP contribution in [-0.2, 0) is 32.7 Å². The summed E-state index contributed by atoms with van der Waals surface area (Å²) in [6.07, 6.45) is 115. The van der Waals surface area contributed by atoms with Crippen LogP contribution in [0.1, 0.15) is 528 Å². The fraction of sp³-hybridized carbons (Fsp3) is 0.938. The molecule has 2 atom stereocenters. The van der Waals surface area contributed by atoms with Crippen molar-refractivity contribution in [2.75, 3.05) is 47.5 Å². The van der Waals surface area contributed by atoms with Gasteiger partial charge in [0.1, 0.15) is 19.8 Å². The Labute approximate surface area is 663 Å². The topological polar surface area (TPSA) is 111 Å². The van der Waals surface area contributed by atoms with Gasteiger partial charge in [-0.1, -0.05) is 475 Å². The van der Waals surface area contributed by atoms with E-state index in [2.05, 4.69) is 38.2 Å². The molecule has 2 unspecified atom stereocenters. The van der Waals surface area contributed by atoms with Gasteiger partial charge < -0.3 is 27.9 Å². The second-order valence-corrected chi connectivity index (χ2v) is 35.8. The first-order valence-corrected chi connectivity index (χ1v) is 49.5. The number of ether oxygens (including phenoxy) is 2. The summed E-state index contributed by atoms with van der Waals surface area (Å²) in [4.78, 5) is 38.3. The molecule has 0 aliphatic heterocycles. The van der Waals surface area contributed by atoms with Gasteiger partial charge in [-0.15, -0.1) is 0 Å². The first kappa shape index (κ1) is 104. The third-order valence-electron chi connectivity index (χ3n) is 22.4. The minimum Gasteiger partial charge on any atom is -0.756 e. The Kier molecular flexibility index (Phi) is 86.2. The standard InChI is InChI=1S/C96H188NO8P/c1-6-8-10-12-14-16-18-20-22-24-26-28-30-32-34-36-38-40-42-44-46-48-50-52-54-56-58-60-62-64-66-68-70-72-74-76-78-80-82-84-86-88-95(98)102-92-94(93-104-106(100,101)103-91-90-97(3,4)5)105-96(99)89-87-85-83-81-79-77-75-73-71-69-67-65-63-61-59-57-55-53-51-49-47-45-43-41-39-37-35-33-31-29-27-25-23-21-19-17-15-13-11-9-7-2/h24-27,94H,6-23,28-93H2,1-5H3/b26-24-,27-25-. The number of hydrogen-bond acceptors (Lipinski definition) is 8. The zero-order valence-corrected chi connectivity index (χ0v) is 73.3. The molecule has 0 radical (unpaired) electrons. The molecule has 0 aromatic heterocycles. The quantitative estimate of drug-likeness (QED) is 0.0195. The number of phosphoric acid groups is 1. The number of likely N-dealkylation sites (N-methyl/N-ethyl adjacent to an activating group) is 1. The lowest BCUT2D eigenvalue weighted by atomic mass is 10.0. The summed E-state index contributed by atoms with van der Waals surface area (Å²) in [5.41, 5.74) is 0. The van der Waals surface area contributed by atoms with Crippen molar-refractivity contribution in [2.24, 2.45) is 0 Å². The molecule has 0 spiro atoms. The van der Waals surface area contributed by atoms with E-state index in [1.165, 1.54) is 462 Å². The van der Waals surface area contributed by atoms with E-state index < -0.39 is 26.5 Å². The Morgan fingerprint density at radius 2 is 0.481 bits per heavy atom. The van der Waals surface area contributed by atoms with Gasteiger partial charge in [-0.25, -0.2) is 0 Å². The van der Waals surface area contributed by atoms with Crippen LogP contribution < -0.4 is 4.89 Å². The van der Waals surface area contributed by atoms with E-state index in [4.69, 9.17) is 18.5 Å². The Morgan fingerprint density at radius 3 is 0.698 bits per heavy atom. The molecule has 0 heterocycles. The molecule has 9 nitrogen and oxygen atoms in total. The maximum Gasteiger partial charge on any atom is 0.306 e. The maximum absolute atomic E-state index is 12.9. The number of rotatable bonds is 92. The fourth-order valence-corrected chi connectivity index (χ4v) is 15.9. The van der Waals surface area contributed by atoms with Crippen molar-refractivity contribution in [3.05, 3.63) is 24.3 Å². The van der Waals surface area contributed by atoms with Crippen molar-refractivity contribution in [1.82, 2.24) is 0 Å². The Morgan fingerprint density at radius 1 is 0.283 bits per heavy atom. The van der Waals surface area contributed by atoms with Crippen molar-refractivity contribution in [3.63, 3.8) is 0 Å². The number of phosphoric ester groups is 1. The van der Waals surface area contributed by atoms with Gasteiger partial charge in [0.25, 0.3) is 7.82 Å². The molecule has 10 heteroatoms. The van der Waals surface area contributed by atoms with E-state index in [1.54, 1.807) is 0 Å². The lowest BCUT2D eigenvalue weighted by Gasteiger charge is -2.28. The molecular weight excluding hydrogens is 1330 g/mol. The average Bonchev–Trinajstić information content (AvgIpc) is 0.951. The van der Waals surface area contributed by atoms with Crippen LogP contribution in [0.3, 0.4) is 0 Å². The van der Waals surface area contributed by atoms with Gasteiger partial charge in [-0.05, 0) is 64.2 Å². The monoisotopic (exact) mass is 1510 g/mol. The van der Waals surface area contributed by atoms with Crippen molar-refractivity contribution in [1.29, 1.82) is 0 Å². The number of nitrogens with zero attached hydrogens (tertiary/aromatic N) is 1. The average molecular weight is 1520 g/mol. The zero-order chi connectivity index (χ0) is 76.8. The molecule has 630 valence electrons. The highest BCUT2D eigenvalue weighted by Gasteiger charge is 2.22. The second kappa shape index (κ2) is 87.5. The Bertz CT molecular complexity index is 1830. The number of hydrogen-bond donors (Lipinski definition) is 0. The first-order chi connectivity index (χ1) is 52.0. The normalized spacial score (nSPS) is 12.9. The number of allylic oxidation sites excluding steroid dienone is 4. The molecule has 0 bridgehead atoms. The molecule has 0 aliphatic rings. The van der Waals surface area contributed by atoms with Crippen LogP contribution >= 0.6 is 7.82 Å². The molecule has 0 amide bonds. The summed E-state index contributed by atoms with van der Waals surface area (Å²) in [7, 11) is 1.20. The maximum atomic E-state index is 12.9.